The lowest BCUT2D eigenvalue weighted by molar-refractivity contribution is -0.127. The topological polar surface area (TPSA) is 20.3 Å². The molecule has 0 saturated carbocycles. The first-order valence-corrected chi connectivity index (χ1v) is 7.17. The van der Waals surface area contributed by atoms with Crippen molar-refractivity contribution < 1.29 is 9.18 Å². The van der Waals surface area contributed by atoms with Crippen molar-refractivity contribution in [3.8, 4) is 0 Å². The number of alkyl halides is 1. The Morgan fingerprint density at radius 3 is 2.68 bits per heavy atom. The molecule has 0 radical (unpaired) electrons. The molecule has 2 rings (SSSR count). The van der Waals surface area contributed by atoms with Crippen molar-refractivity contribution in [1.82, 2.24) is 4.90 Å². The lowest BCUT2D eigenvalue weighted by atomic mass is 9.99. The number of hydrogen-bond donors (Lipinski definition) is 0. The van der Waals surface area contributed by atoms with Crippen LogP contribution in [0.25, 0.3) is 0 Å². The Hall–Kier alpha value is -1.38. The molecule has 1 amide bonds. The van der Waals surface area contributed by atoms with Gasteiger partial charge in [0.05, 0.1) is 6.67 Å². The van der Waals surface area contributed by atoms with Gasteiger partial charge in [-0.15, -0.1) is 0 Å². The quantitative estimate of drug-likeness (QED) is 0.692. The highest BCUT2D eigenvalue weighted by atomic mass is 19.1. The number of amides is 1. The Morgan fingerprint density at radius 1 is 1.16 bits per heavy atom. The third-order valence-electron chi connectivity index (χ3n) is 3.72. The molecule has 19 heavy (non-hydrogen) atoms. The minimum absolute atomic E-state index is 0.245. The molecular formula is C16H22FNO. The fraction of sp³-hybridized carbons (Fsp3) is 0.562. The monoisotopic (exact) mass is 263 g/mol. The molecule has 1 heterocycles. The average molecular weight is 263 g/mol. The number of hydrogen-bond acceptors (Lipinski definition) is 1. The van der Waals surface area contributed by atoms with Crippen LogP contribution in [0.5, 0.6) is 0 Å². The van der Waals surface area contributed by atoms with Crippen LogP contribution in [-0.4, -0.2) is 30.6 Å². The normalized spacial score (nSPS) is 19.1. The first-order chi connectivity index (χ1) is 9.29. The van der Waals surface area contributed by atoms with E-state index in [0.717, 1.165) is 32.4 Å². The third kappa shape index (κ3) is 4.34. The molecular weight excluding hydrogens is 241 g/mol. The Balaban J connectivity index is 1.76. The zero-order valence-corrected chi connectivity index (χ0v) is 11.4. The lowest BCUT2D eigenvalue weighted by Gasteiger charge is -2.16. The van der Waals surface area contributed by atoms with Gasteiger partial charge in [-0.1, -0.05) is 30.3 Å². The second kappa shape index (κ2) is 7.27. The third-order valence-corrected chi connectivity index (χ3v) is 3.72. The zero-order valence-electron chi connectivity index (χ0n) is 11.4. The smallest absolute Gasteiger partial charge is 0.222 e. The summed E-state index contributed by atoms with van der Waals surface area (Å²) in [6.45, 7) is 1.41. The first kappa shape index (κ1) is 14.0. The van der Waals surface area contributed by atoms with E-state index in [0.29, 0.717) is 18.8 Å². The molecule has 0 N–H and O–H groups in total. The molecule has 0 aromatic heterocycles. The molecule has 1 aliphatic rings. The van der Waals surface area contributed by atoms with Crippen molar-refractivity contribution in [3.05, 3.63) is 35.9 Å². The fourth-order valence-corrected chi connectivity index (χ4v) is 2.73. The van der Waals surface area contributed by atoms with E-state index in [9.17, 15) is 9.18 Å². The van der Waals surface area contributed by atoms with Crippen LogP contribution in [0.2, 0.25) is 0 Å². The molecule has 104 valence electrons. The number of nitrogens with zero attached hydrogens (tertiary/aromatic N) is 1. The Bertz CT molecular complexity index is 393. The molecule has 1 aliphatic heterocycles. The van der Waals surface area contributed by atoms with Gasteiger partial charge in [-0.2, -0.15) is 0 Å². The van der Waals surface area contributed by atoms with E-state index in [1.165, 1.54) is 5.56 Å². The van der Waals surface area contributed by atoms with Crippen LogP contribution in [-0.2, 0) is 11.2 Å². The summed E-state index contributed by atoms with van der Waals surface area (Å²) in [5.74, 6) is 0.706. The maximum absolute atomic E-state index is 12.0. The van der Waals surface area contributed by atoms with Crippen LogP contribution >= 0.6 is 0 Å². The van der Waals surface area contributed by atoms with Crippen LogP contribution in [0, 0.1) is 5.92 Å². The highest BCUT2D eigenvalue weighted by Crippen LogP contribution is 2.22. The molecule has 0 spiro atoms. The number of unbranched alkanes of at least 4 members (excludes halogenated alkanes) is 2. The number of rotatable bonds is 7. The number of likely N-dealkylation sites (tertiary alicyclic amines) is 1. The molecule has 1 atom stereocenters. The second-order valence-electron chi connectivity index (χ2n) is 5.35. The van der Waals surface area contributed by atoms with Gasteiger partial charge in [-0.05, 0) is 37.2 Å². The summed E-state index contributed by atoms with van der Waals surface area (Å²) in [6.07, 6.45) is 4.07. The number of carbonyl (C=O) groups excluding carboxylic acids is 1. The van der Waals surface area contributed by atoms with E-state index in [-0.39, 0.29) is 12.6 Å². The van der Waals surface area contributed by atoms with Crippen molar-refractivity contribution in [3.63, 3.8) is 0 Å². The number of benzene rings is 1. The van der Waals surface area contributed by atoms with E-state index >= 15 is 0 Å². The first-order valence-electron chi connectivity index (χ1n) is 7.17. The molecule has 0 aliphatic carbocycles. The van der Waals surface area contributed by atoms with Gasteiger partial charge >= 0.3 is 0 Å². The molecule has 1 aromatic carbocycles. The summed E-state index contributed by atoms with van der Waals surface area (Å²) in [7, 11) is 0. The van der Waals surface area contributed by atoms with E-state index < -0.39 is 0 Å². The Morgan fingerprint density at radius 2 is 1.95 bits per heavy atom. The van der Waals surface area contributed by atoms with Crippen LogP contribution in [0.15, 0.2) is 30.3 Å². The second-order valence-corrected chi connectivity index (χ2v) is 5.35. The van der Waals surface area contributed by atoms with E-state index in [2.05, 4.69) is 12.1 Å². The van der Waals surface area contributed by atoms with Gasteiger partial charge in [-0.25, -0.2) is 0 Å². The van der Waals surface area contributed by atoms with Gasteiger partial charge < -0.3 is 4.90 Å². The Kier molecular flexibility index (Phi) is 5.37. The van der Waals surface area contributed by atoms with Crippen molar-refractivity contribution in [1.29, 1.82) is 0 Å². The van der Waals surface area contributed by atoms with Crippen molar-refractivity contribution in [2.75, 3.05) is 19.8 Å². The van der Waals surface area contributed by atoms with Gasteiger partial charge in [0.25, 0.3) is 0 Å². The SMILES string of the molecule is O=C1C[C@@H](Cc2ccccc2)CN1CCCCCF. The van der Waals surface area contributed by atoms with Crippen molar-refractivity contribution in [2.45, 2.75) is 32.1 Å². The largest absolute Gasteiger partial charge is 0.342 e. The summed E-state index contributed by atoms with van der Waals surface area (Å²) in [4.78, 5) is 13.8. The predicted molar refractivity (Wildman–Crippen MR) is 74.7 cm³/mol. The van der Waals surface area contributed by atoms with Gasteiger partial charge in [0.2, 0.25) is 5.91 Å². The van der Waals surface area contributed by atoms with Crippen LogP contribution in [0.4, 0.5) is 4.39 Å². The molecule has 0 bridgehead atoms. The highest BCUT2D eigenvalue weighted by Gasteiger charge is 2.28. The number of carbonyl (C=O) groups is 1. The van der Waals surface area contributed by atoms with Gasteiger partial charge in [0, 0.05) is 19.5 Å². The molecule has 1 fully saturated rings. The predicted octanol–water partition coefficient (Wildman–Crippen LogP) is 3.22. The fourth-order valence-electron chi connectivity index (χ4n) is 2.73. The van der Waals surface area contributed by atoms with Crippen LogP contribution in [0.1, 0.15) is 31.2 Å². The van der Waals surface area contributed by atoms with Crippen LogP contribution < -0.4 is 0 Å². The Labute approximate surface area is 114 Å². The zero-order chi connectivity index (χ0) is 13.5. The van der Waals surface area contributed by atoms with E-state index in [1.807, 2.05) is 23.1 Å². The maximum atomic E-state index is 12.0. The van der Waals surface area contributed by atoms with Gasteiger partial charge in [-0.3, -0.25) is 9.18 Å². The van der Waals surface area contributed by atoms with E-state index in [4.69, 9.17) is 0 Å². The minimum atomic E-state index is -0.245. The maximum Gasteiger partial charge on any atom is 0.222 e. The number of halogens is 1. The summed E-state index contributed by atoms with van der Waals surface area (Å²) >= 11 is 0. The minimum Gasteiger partial charge on any atom is -0.342 e. The van der Waals surface area contributed by atoms with Gasteiger partial charge in [0.15, 0.2) is 0 Å². The summed E-state index contributed by atoms with van der Waals surface area (Å²) in [5.41, 5.74) is 1.31. The summed E-state index contributed by atoms with van der Waals surface area (Å²) in [5, 5.41) is 0. The molecule has 1 aromatic rings. The van der Waals surface area contributed by atoms with Gasteiger partial charge in [0.1, 0.15) is 0 Å². The molecule has 1 saturated heterocycles. The molecule has 3 heteroatoms. The summed E-state index contributed by atoms with van der Waals surface area (Å²) < 4.78 is 12.0. The highest BCUT2D eigenvalue weighted by molar-refractivity contribution is 5.78. The molecule has 0 unspecified atom stereocenters. The van der Waals surface area contributed by atoms with Crippen molar-refractivity contribution in [2.24, 2.45) is 5.92 Å². The molecule has 2 nitrogen and oxygen atoms in total. The standard InChI is InChI=1S/C16H22FNO/c17-9-5-2-6-10-18-13-15(12-16(18)19)11-14-7-3-1-4-8-14/h1,3-4,7-8,15H,2,5-6,9-13H2/t15-/m1/s1. The summed E-state index contributed by atoms with van der Waals surface area (Å²) in [6, 6.07) is 10.3. The average Bonchev–Trinajstić information content (AvgIpc) is 2.76. The van der Waals surface area contributed by atoms with E-state index in [1.54, 1.807) is 0 Å². The lowest BCUT2D eigenvalue weighted by Crippen LogP contribution is -2.26. The van der Waals surface area contributed by atoms with Crippen molar-refractivity contribution >= 4 is 5.91 Å². The van der Waals surface area contributed by atoms with Crippen LogP contribution in [0.3, 0.4) is 0 Å².